The zero-order chi connectivity index (χ0) is 22.1. The number of anilines is 1. The van der Waals surface area contributed by atoms with Gasteiger partial charge < -0.3 is 20.1 Å². The Kier molecular flexibility index (Phi) is 8.00. The van der Waals surface area contributed by atoms with Crippen LogP contribution >= 0.6 is 11.3 Å². The van der Waals surface area contributed by atoms with Crippen LogP contribution in [0.15, 0.2) is 53.9 Å². The van der Waals surface area contributed by atoms with Crippen molar-refractivity contribution in [3.05, 3.63) is 70.2 Å². The van der Waals surface area contributed by atoms with E-state index < -0.39 is 0 Å². The maximum absolute atomic E-state index is 12.3. The second-order valence-electron chi connectivity index (χ2n) is 6.83. The second-order valence-corrected chi connectivity index (χ2v) is 7.77. The van der Waals surface area contributed by atoms with Gasteiger partial charge in [0.25, 0.3) is 5.91 Å². The maximum atomic E-state index is 12.3. The van der Waals surface area contributed by atoms with E-state index >= 15 is 0 Å². The van der Waals surface area contributed by atoms with Gasteiger partial charge in [0.2, 0.25) is 5.91 Å². The van der Waals surface area contributed by atoms with Crippen molar-refractivity contribution in [1.82, 2.24) is 10.3 Å². The lowest BCUT2D eigenvalue weighted by Crippen LogP contribution is -2.28. The molecule has 8 heteroatoms. The molecule has 31 heavy (non-hydrogen) atoms. The SMILES string of the molecule is CCNC(=O)COc1ccc(NC(=O)Cc2csc(COc3ccc(C)cc3)n2)cc1. The fourth-order valence-electron chi connectivity index (χ4n) is 2.68. The number of rotatable bonds is 10. The van der Waals surface area contributed by atoms with Crippen molar-refractivity contribution >= 4 is 28.8 Å². The van der Waals surface area contributed by atoms with E-state index in [9.17, 15) is 9.59 Å². The van der Waals surface area contributed by atoms with Gasteiger partial charge in [-0.1, -0.05) is 17.7 Å². The normalized spacial score (nSPS) is 10.4. The monoisotopic (exact) mass is 439 g/mol. The lowest BCUT2D eigenvalue weighted by molar-refractivity contribution is -0.123. The van der Waals surface area contributed by atoms with E-state index in [0.717, 1.165) is 10.8 Å². The van der Waals surface area contributed by atoms with Crippen LogP contribution in [-0.4, -0.2) is 29.9 Å². The molecule has 0 spiro atoms. The number of hydrogen-bond acceptors (Lipinski definition) is 6. The number of ether oxygens (including phenoxy) is 2. The summed E-state index contributed by atoms with van der Waals surface area (Å²) in [6, 6.07) is 14.7. The summed E-state index contributed by atoms with van der Waals surface area (Å²) < 4.78 is 11.1. The number of aromatic nitrogens is 1. The lowest BCUT2D eigenvalue weighted by atomic mass is 10.2. The summed E-state index contributed by atoms with van der Waals surface area (Å²) in [6.07, 6.45) is 0.177. The average molecular weight is 440 g/mol. The van der Waals surface area contributed by atoms with E-state index in [1.165, 1.54) is 16.9 Å². The van der Waals surface area contributed by atoms with E-state index in [1.807, 2.05) is 43.5 Å². The van der Waals surface area contributed by atoms with Crippen LogP contribution in [-0.2, 0) is 22.6 Å². The highest BCUT2D eigenvalue weighted by Gasteiger charge is 2.09. The number of nitrogens with zero attached hydrogens (tertiary/aromatic N) is 1. The summed E-state index contributed by atoms with van der Waals surface area (Å²) in [5.74, 6) is 1.01. The minimum absolute atomic E-state index is 0.0423. The first-order chi connectivity index (χ1) is 15.0. The molecule has 0 aliphatic rings. The Balaban J connectivity index is 1.44. The van der Waals surface area contributed by atoms with Gasteiger partial charge in [-0.15, -0.1) is 11.3 Å². The summed E-state index contributed by atoms with van der Waals surface area (Å²) in [7, 11) is 0. The largest absolute Gasteiger partial charge is 0.486 e. The molecule has 0 atom stereocenters. The number of thiazole rings is 1. The van der Waals surface area contributed by atoms with Crippen LogP contribution < -0.4 is 20.1 Å². The van der Waals surface area contributed by atoms with E-state index in [0.29, 0.717) is 30.3 Å². The Morgan fingerprint density at radius 2 is 1.65 bits per heavy atom. The fraction of sp³-hybridized carbons (Fsp3) is 0.261. The Labute approximate surface area is 185 Å². The molecule has 2 amide bonds. The first-order valence-corrected chi connectivity index (χ1v) is 10.8. The summed E-state index contributed by atoms with van der Waals surface area (Å²) in [5, 5.41) is 8.18. The van der Waals surface area contributed by atoms with Crippen LogP contribution in [0.5, 0.6) is 11.5 Å². The van der Waals surface area contributed by atoms with Crippen LogP contribution in [0.1, 0.15) is 23.2 Å². The van der Waals surface area contributed by atoms with Crippen molar-refractivity contribution < 1.29 is 19.1 Å². The third-order valence-electron chi connectivity index (χ3n) is 4.21. The summed E-state index contributed by atoms with van der Waals surface area (Å²) in [6.45, 7) is 4.76. The molecule has 1 heterocycles. The molecule has 0 saturated carbocycles. The second kappa shape index (κ2) is 11.1. The van der Waals surface area contributed by atoms with Gasteiger partial charge in [0, 0.05) is 17.6 Å². The van der Waals surface area contributed by atoms with E-state index in [4.69, 9.17) is 9.47 Å². The highest BCUT2D eigenvalue weighted by molar-refractivity contribution is 7.09. The number of likely N-dealkylation sites (N-methyl/N-ethyl adjacent to an activating group) is 1. The zero-order valence-corrected chi connectivity index (χ0v) is 18.3. The number of aryl methyl sites for hydroxylation is 1. The lowest BCUT2D eigenvalue weighted by Gasteiger charge is -2.08. The fourth-order valence-corrected chi connectivity index (χ4v) is 3.38. The molecular weight excluding hydrogens is 414 g/mol. The summed E-state index contributed by atoms with van der Waals surface area (Å²) in [4.78, 5) is 28.2. The minimum Gasteiger partial charge on any atom is -0.486 e. The predicted octanol–water partition coefficient (Wildman–Crippen LogP) is 3.73. The average Bonchev–Trinajstić information content (AvgIpc) is 3.20. The summed E-state index contributed by atoms with van der Waals surface area (Å²) >= 11 is 1.47. The zero-order valence-electron chi connectivity index (χ0n) is 17.5. The van der Waals surface area contributed by atoms with Crippen molar-refractivity contribution in [2.75, 3.05) is 18.5 Å². The van der Waals surface area contributed by atoms with Gasteiger partial charge in [0.15, 0.2) is 6.61 Å². The Hall–Kier alpha value is -3.39. The smallest absolute Gasteiger partial charge is 0.257 e. The number of hydrogen-bond donors (Lipinski definition) is 2. The molecule has 2 N–H and O–H groups in total. The van der Waals surface area contributed by atoms with Crippen molar-refractivity contribution in [1.29, 1.82) is 0 Å². The van der Waals surface area contributed by atoms with Crippen LogP contribution in [0.2, 0.25) is 0 Å². The molecule has 0 saturated heterocycles. The Bertz CT molecular complexity index is 1000. The molecule has 0 aliphatic heterocycles. The molecule has 7 nitrogen and oxygen atoms in total. The number of carbonyl (C=O) groups excluding carboxylic acids is 2. The topological polar surface area (TPSA) is 89.6 Å². The molecule has 0 unspecified atom stereocenters. The van der Waals surface area contributed by atoms with Crippen molar-refractivity contribution in [2.24, 2.45) is 0 Å². The summed E-state index contributed by atoms with van der Waals surface area (Å²) in [5.41, 5.74) is 2.52. The molecule has 3 aromatic rings. The van der Waals surface area contributed by atoms with Gasteiger partial charge in [0.1, 0.15) is 23.1 Å². The predicted molar refractivity (Wildman–Crippen MR) is 121 cm³/mol. The number of amides is 2. The van der Waals surface area contributed by atoms with Crippen molar-refractivity contribution in [3.8, 4) is 11.5 Å². The Morgan fingerprint density at radius 3 is 2.35 bits per heavy atom. The molecule has 0 radical (unpaired) electrons. The van der Waals surface area contributed by atoms with Crippen LogP contribution in [0.4, 0.5) is 5.69 Å². The molecule has 162 valence electrons. The van der Waals surface area contributed by atoms with Crippen molar-refractivity contribution in [2.45, 2.75) is 26.9 Å². The number of benzene rings is 2. The van der Waals surface area contributed by atoms with Gasteiger partial charge in [0.05, 0.1) is 12.1 Å². The quantitative estimate of drug-likeness (QED) is 0.502. The third-order valence-corrected chi connectivity index (χ3v) is 5.08. The molecule has 1 aromatic heterocycles. The molecule has 0 bridgehead atoms. The van der Waals surface area contributed by atoms with E-state index in [1.54, 1.807) is 24.3 Å². The minimum atomic E-state index is -0.174. The van der Waals surface area contributed by atoms with Crippen LogP contribution in [0.3, 0.4) is 0 Å². The van der Waals surface area contributed by atoms with Crippen molar-refractivity contribution in [3.63, 3.8) is 0 Å². The molecule has 0 aliphatic carbocycles. The van der Waals surface area contributed by atoms with E-state index in [-0.39, 0.29) is 24.8 Å². The van der Waals surface area contributed by atoms with Gasteiger partial charge in [-0.2, -0.15) is 0 Å². The molecule has 2 aromatic carbocycles. The first kappa shape index (κ1) is 22.3. The van der Waals surface area contributed by atoms with Crippen LogP contribution in [0, 0.1) is 6.92 Å². The maximum Gasteiger partial charge on any atom is 0.257 e. The first-order valence-electron chi connectivity index (χ1n) is 9.94. The van der Waals surface area contributed by atoms with Crippen LogP contribution in [0.25, 0.3) is 0 Å². The number of nitrogens with one attached hydrogen (secondary N) is 2. The van der Waals surface area contributed by atoms with Gasteiger partial charge in [-0.25, -0.2) is 4.98 Å². The molecule has 3 rings (SSSR count). The Morgan fingerprint density at radius 1 is 0.968 bits per heavy atom. The standard InChI is InChI=1S/C23H25N3O4S/c1-3-24-22(28)13-29-20-10-6-17(7-11-20)25-21(27)12-18-15-31-23(26-18)14-30-19-8-4-16(2)5-9-19/h4-11,15H,3,12-14H2,1-2H3,(H,24,28)(H,25,27). The molecular formula is C23H25N3O4S. The third kappa shape index (κ3) is 7.42. The number of carbonyl (C=O) groups is 2. The highest BCUT2D eigenvalue weighted by atomic mass is 32.1. The van der Waals surface area contributed by atoms with Gasteiger partial charge >= 0.3 is 0 Å². The highest BCUT2D eigenvalue weighted by Crippen LogP contribution is 2.18. The molecule has 0 fully saturated rings. The van der Waals surface area contributed by atoms with E-state index in [2.05, 4.69) is 15.6 Å². The van der Waals surface area contributed by atoms with Gasteiger partial charge in [-0.3, -0.25) is 9.59 Å². The van der Waals surface area contributed by atoms with Gasteiger partial charge in [-0.05, 0) is 50.2 Å².